The smallest absolute Gasteiger partial charge is 0.239 e. The van der Waals surface area contributed by atoms with E-state index in [9.17, 15) is 13.2 Å². The molecule has 2 aromatic carbocycles. The van der Waals surface area contributed by atoms with Crippen molar-refractivity contribution in [1.29, 1.82) is 0 Å². The Hall–Kier alpha value is -2.60. The van der Waals surface area contributed by atoms with Gasteiger partial charge in [0.1, 0.15) is 6.54 Å². The number of likely N-dealkylation sites (N-methyl/N-ethyl adjacent to an activating group) is 1. The second-order valence-electron chi connectivity index (χ2n) is 5.13. The molecular weight excluding hydrogens is 312 g/mol. The molecule has 0 unspecified atom stereocenters. The maximum Gasteiger partial charge on any atom is 0.239 e. The third kappa shape index (κ3) is 2.73. The van der Waals surface area contributed by atoms with Crippen LogP contribution in [-0.4, -0.2) is 25.9 Å². The number of sulfone groups is 1. The Morgan fingerprint density at radius 2 is 1.70 bits per heavy atom. The van der Waals surface area contributed by atoms with Gasteiger partial charge < -0.3 is 9.88 Å². The maximum atomic E-state index is 12.9. The molecule has 1 heterocycles. The minimum absolute atomic E-state index is 0.0708. The van der Waals surface area contributed by atoms with E-state index in [0.717, 1.165) is 0 Å². The minimum Gasteiger partial charge on any atom is -0.358 e. The van der Waals surface area contributed by atoms with E-state index in [1.165, 1.54) is 6.20 Å². The number of hydrogen-bond donors (Lipinski definition) is 1. The van der Waals surface area contributed by atoms with E-state index >= 15 is 0 Å². The van der Waals surface area contributed by atoms with Crippen LogP contribution in [0.3, 0.4) is 0 Å². The molecule has 118 valence electrons. The number of carbonyl (C=O) groups is 1. The first kappa shape index (κ1) is 15.3. The summed E-state index contributed by atoms with van der Waals surface area (Å²) in [5.74, 6) is -0.186. The van der Waals surface area contributed by atoms with Crippen LogP contribution in [0.2, 0.25) is 0 Å². The van der Waals surface area contributed by atoms with Gasteiger partial charge in [-0.15, -0.1) is 0 Å². The van der Waals surface area contributed by atoms with Gasteiger partial charge in [-0.2, -0.15) is 0 Å². The molecule has 5 nitrogen and oxygen atoms in total. The molecule has 0 aliphatic heterocycles. The second kappa shape index (κ2) is 5.89. The third-order valence-corrected chi connectivity index (χ3v) is 5.48. The van der Waals surface area contributed by atoms with Crippen molar-refractivity contribution in [3.8, 4) is 0 Å². The van der Waals surface area contributed by atoms with Gasteiger partial charge in [-0.1, -0.05) is 36.4 Å². The average Bonchev–Trinajstić information content (AvgIpc) is 2.95. The van der Waals surface area contributed by atoms with Crippen LogP contribution < -0.4 is 5.32 Å². The number of hydrogen-bond acceptors (Lipinski definition) is 3. The van der Waals surface area contributed by atoms with Crippen LogP contribution in [0.1, 0.15) is 0 Å². The van der Waals surface area contributed by atoms with Crippen molar-refractivity contribution < 1.29 is 13.2 Å². The van der Waals surface area contributed by atoms with Crippen molar-refractivity contribution in [1.82, 2.24) is 9.88 Å². The summed E-state index contributed by atoms with van der Waals surface area (Å²) in [6, 6.07) is 15.5. The predicted octanol–water partition coefficient (Wildman–Crippen LogP) is 2.22. The van der Waals surface area contributed by atoms with Gasteiger partial charge in [-0.3, -0.25) is 4.79 Å². The Morgan fingerprint density at radius 3 is 2.39 bits per heavy atom. The lowest BCUT2D eigenvalue weighted by Gasteiger charge is -2.03. The SMILES string of the molecule is CNC(=O)Cn1cc(S(=O)(=O)c2ccccc2)c2ccccc21. The highest BCUT2D eigenvalue weighted by Crippen LogP contribution is 2.30. The Labute approximate surface area is 134 Å². The first-order chi connectivity index (χ1) is 11.0. The summed E-state index contributed by atoms with van der Waals surface area (Å²) >= 11 is 0. The molecule has 0 bridgehead atoms. The summed E-state index contributed by atoms with van der Waals surface area (Å²) in [4.78, 5) is 12.1. The number of nitrogens with one attached hydrogen (secondary N) is 1. The molecule has 0 saturated carbocycles. The van der Waals surface area contributed by atoms with Gasteiger partial charge in [0, 0.05) is 24.1 Å². The number of benzene rings is 2. The van der Waals surface area contributed by atoms with E-state index in [2.05, 4.69) is 5.32 Å². The van der Waals surface area contributed by atoms with Crippen molar-refractivity contribution in [3.63, 3.8) is 0 Å². The van der Waals surface area contributed by atoms with Crippen molar-refractivity contribution in [2.45, 2.75) is 16.3 Å². The van der Waals surface area contributed by atoms with Gasteiger partial charge in [0.05, 0.1) is 9.79 Å². The van der Waals surface area contributed by atoms with Crippen molar-refractivity contribution in [2.75, 3.05) is 7.05 Å². The highest BCUT2D eigenvalue weighted by molar-refractivity contribution is 7.91. The Kier molecular flexibility index (Phi) is 3.92. The number of fused-ring (bicyclic) bond motifs is 1. The van der Waals surface area contributed by atoms with E-state index in [0.29, 0.717) is 10.9 Å². The molecule has 0 spiro atoms. The summed E-state index contributed by atoms with van der Waals surface area (Å²) in [5, 5.41) is 3.16. The van der Waals surface area contributed by atoms with Crippen LogP contribution in [0.5, 0.6) is 0 Å². The van der Waals surface area contributed by atoms with Crippen molar-refractivity contribution in [2.24, 2.45) is 0 Å². The van der Waals surface area contributed by atoms with Gasteiger partial charge in [-0.05, 0) is 18.2 Å². The number of aromatic nitrogens is 1. The largest absolute Gasteiger partial charge is 0.358 e. The van der Waals surface area contributed by atoms with Gasteiger partial charge in [0.25, 0.3) is 0 Å². The lowest BCUT2D eigenvalue weighted by Crippen LogP contribution is -2.23. The molecule has 0 saturated heterocycles. The lowest BCUT2D eigenvalue weighted by molar-refractivity contribution is -0.121. The number of rotatable bonds is 4. The molecule has 0 atom stereocenters. The fraction of sp³-hybridized carbons (Fsp3) is 0.118. The molecule has 6 heteroatoms. The maximum absolute atomic E-state index is 12.9. The van der Waals surface area contributed by atoms with E-state index in [4.69, 9.17) is 0 Å². The van der Waals surface area contributed by atoms with Crippen LogP contribution in [0.25, 0.3) is 10.9 Å². The summed E-state index contributed by atoms with van der Waals surface area (Å²) < 4.78 is 27.5. The average molecular weight is 328 g/mol. The monoisotopic (exact) mass is 328 g/mol. The van der Waals surface area contributed by atoms with E-state index < -0.39 is 9.84 Å². The minimum atomic E-state index is -3.64. The fourth-order valence-electron chi connectivity index (χ4n) is 2.52. The summed E-state index contributed by atoms with van der Waals surface area (Å²) in [5.41, 5.74) is 0.714. The van der Waals surface area contributed by atoms with Gasteiger partial charge >= 0.3 is 0 Å². The topological polar surface area (TPSA) is 68.2 Å². The van der Waals surface area contributed by atoms with Crippen LogP contribution >= 0.6 is 0 Å². The number of amides is 1. The van der Waals surface area contributed by atoms with Gasteiger partial charge in [0.2, 0.25) is 15.7 Å². The highest BCUT2D eigenvalue weighted by Gasteiger charge is 2.23. The van der Waals surface area contributed by atoms with Gasteiger partial charge in [-0.25, -0.2) is 8.42 Å². The van der Waals surface area contributed by atoms with Crippen molar-refractivity contribution in [3.05, 3.63) is 60.8 Å². The van der Waals surface area contributed by atoms with E-state index in [1.54, 1.807) is 54.1 Å². The Bertz CT molecular complexity index is 960. The molecule has 23 heavy (non-hydrogen) atoms. The zero-order chi connectivity index (χ0) is 16.4. The number of carbonyl (C=O) groups excluding carboxylic acids is 1. The molecule has 1 amide bonds. The standard InChI is InChI=1S/C17H16N2O3S/c1-18-17(20)12-19-11-16(14-9-5-6-10-15(14)19)23(21,22)13-7-3-2-4-8-13/h2-11H,12H2,1H3,(H,18,20). The summed E-state index contributed by atoms with van der Waals surface area (Å²) in [7, 11) is -2.09. The fourth-order valence-corrected chi connectivity index (χ4v) is 4.02. The molecule has 0 fully saturated rings. The lowest BCUT2D eigenvalue weighted by atomic mass is 10.2. The summed E-state index contributed by atoms with van der Waals surface area (Å²) in [6.45, 7) is 0.0708. The summed E-state index contributed by atoms with van der Waals surface area (Å²) in [6.07, 6.45) is 1.53. The molecular formula is C17H16N2O3S. The molecule has 1 N–H and O–H groups in total. The van der Waals surface area contributed by atoms with E-state index in [1.807, 2.05) is 12.1 Å². The first-order valence-electron chi connectivity index (χ1n) is 7.12. The second-order valence-corrected chi connectivity index (χ2v) is 7.05. The molecule has 0 aliphatic rings. The van der Waals surface area contributed by atoms with E-state index in [-0.39, 0.29) is 22.2 Å². The molecule has 3 aromatic rings. The van der Waals surface area contributed by atoms with Crippen LogP contribution in [-0.2, 0) is 21.2 Å². The Morgan fingerprint density at radius 1 is 1.04 bits per heavy atom. The molecule has 3 rings (SSSR count). The highest BCUT2D eigenvalue weighted by atomic mass is 32.2. The predicted molar refractivity (Wildman–Crippen MR) is 87.9 cm³/mol. The van der Waals surface area contributed by atoms with Crippen LogP contribution in [0.15, 0.2) is 70.6 Å². The van der Waals surface area contributed by atoms with Gasteiger partial charge in [0.15, 0.2) is 0 Å². The zero-order valence-electron chi connectivity index (χ0n) is 12.6. The third-order valence-electron chi connectivity index (χ3n) is 3.69. The van der Waals surface area contributed by atoms with Crippen molar-refractivity contribution >= 4 is 26.6 Å². The molecule has 1 aromatic heterocycles. The first-order valence-corrected chi connectivity index (χ1v) is 8.61. The number of nitrogens with zero attached hydrogens (tertiary/aromatic N) is 1. The molecule has 0 aliphatic carbocycles. The number of para-hydroxylation sites is 1. The van der Waals surface area contributed by atoms with Crippen LogP contribution in [0.4, 0.5) is 0 Å². The Balaban J connectivity index is 2.21. The molecule has 0 radical (unpaired) electrons. The quantitative estimate of drug-likeness (QED) is 0.798. The zero-order valence-corrected chi connectivity index (χ0v) is 13.4. The van der Waals surface area contributed by atoms with Crippen LogP contribution in [0, 0.1) is 0 Å². The normalized spacial score (nSPS) is 11.5.